The number of halogens is 3. The van der Waals surface area contributed by atoms with E-state index in [2.05, 4.69) is 9.80 Å². The first kappa shape index (κ1) is 28.8. The van der Waals surface area contributed by atoms with Gasteiger partial charge in [-0.2, -0.15) is 13.2 Å². The number of nitrogens with zero attached hydrogens (tertiary/aromatic N) is 3. The number of aryl methyl sites for hydroxylation is 3. The van der Waals surface area contributed by atoms with Gasteiger partial charge in [0, 0.05) is 54.4 Å². The molecule has 3 aromatic carbocycles. The van der Waals surface area contributed by atoms with Crippen LogP contribution in [-0.4, -0.2) is 47.0 Å². The summed E-state index contributed by atoms with van der Waals surface area (Å²) < 4.78 is 39.3. The number of alkyl halides is 3. The lowest BCUT2D eigenvalue weighted by Crippen LogP contribution is -2.46. The van der Waals surface area contributed by atoms with Gasteiger partial charge in [0.05, 0.1) is 11.3 Å². The number of aromatic nitrogens is 1. The first-order chi connectivity index (χ1) is 19.6. The molecule has 0 spiro atoms. The molecule has 4 aromatic rings. The van der Waals surface area contributed by atoms with E-state index in [9.17, 15) is 23.1 Å². The maximum atomic E-state index is 13.1. The second-order valence-electron chi connectivity index (χ2n) is 10.5. The minimum atomic E-state index is -4.38. The molecule has 2 heterocycles. The highest BCUT2D eigenvalue weighted by Gasteiger charge is 2.30. The minimum Gasteiger partial charge on any atom is -0.508 e. The van der Waals surface area contributed by atoms with Gasteiger partial charge >= 0.3 is 6.18 Å². The third-order valence-corrected chi connectivity index (χ3v) is 8.73. The van der Waals surface area contributed by atoms with Gasteiger partial charge < -0.3 is 10.0 Å². The van der Waals surface area contributed by atoms with Crippen molar-refractivity contribution in [2.45, 2.75) is 39.4 Å². The molecule has 41 heavy (non-hydrogen) atoms. The van der Waals surface area contributed by atoms with Crippen molar-refractivity contribution < 1.29 is 23.1 Å². The third-order valence-electron chi connectivity index (χ3n) is 7.52. The summed E-state index contributed by atoms with van der Waals surface area (Å²) in [4.78, 5) is 22.3. The highest BCUT2D eigenvalue weighted by atomic mass is 32.1. The average Bonchev–Trinajstić information content (AvgIpc) is 3.36. The maximum Gasteiger partial charge on any atom is 0.416 e. The van der Waals surface area contributed by atoms with E-state index in [0.717, 1.165) is 83.5 Å². The summed E-state index contributed by atoms with van der Waals surface area (Å²) in [6, 6.07) is 18.5. The second-order valence-corrected chi connectivity index (χ2v) is 11.5. The smallest absolute Gasteiger partial charge is 0.416 e. The molecule has 1 saturated heterocycles. The Morgan fingerprint density at radius 2 is 1.63 bits per heavy atom. The molecule has 1 aliphatic heterocycles. The van der Waals surface area contributed by atoms with Crippen molar-refractivity contribution in [3.63, 3.8) is 0 Å². The molecule has 1 N–H and O–H groups in total. The number of aromatic hydroxyl groups is 1. The van der Waals surface area contributed by atoms with Crippen LogP contribution in [0.4, 0.5) is 18.9 Å². The molecule has 0 saturated carbocycles. The van der Waals surface area contributed by atoms with Crippen LogP contribution in [0.5, 0.6) is 5.75 Å². The van der Waals surface area contributed by atoms with Crippen LogP contribution >= 0.6 is 11.3 Å². The molecule has 0 bridgehead atoms. The van der Waals surface area contributed by atoms with E-state index < -0.39 is 11.7 Å². The summed E-state index contributed by atoms with van der Waals surface area (Å²) >= 11 is 1.54. The van der Waals surface area contributed by atoms with Gasteiger partial charge in [0.25, 0.3) is 0 Å². The molecule has 1 aliphatic rings. The Balaban J connectivity index is 1.31. The Labute approximate surface area is 241 Å². The Morgan fingerprint density at radius 3 is 2.24 bits per heavy atom. The molecule has 0 aliphatic carbocycles. The number of hydrogen-bond acceptors (Lipinski definition) is 6. The molecular formula is C32H32F3N3O2S. The van der Waals surface area contributed by atoms with E-state index in [1.165, 1.54) is 23.5 Å². The second kappa shape index (κ2) is 12.0. The predicted molar refractivity (Wildman–Crippen MR) is 157 cm³/mol. The number of thiazole rings is 1. The van der Waals surface area contributed by atoms with Gasteiger partial charge in [0.1, 0.15) is 10.8 Å². The Kier molecular flexibility index (Phi) is 8.47. The molecule has 0 radical (unpaired) electrons. The van der Waals surface area contributed by atoms with Crippen LogP contribution in [0.15, 0.2) is 66.7 Å². The summed E-state index contributed by atoms with van der Waals surface area (Å²) in [7, 11) is 0. The zero-order chi connectivity index (χ0) is 29.1. The summed E-state index contributed by atoms with van der Waals surface area (Å²) in [6.45, 7) is 7.48. The number of Topliss-reactive ketones (excluding diaryl/α,β-unsaturated/α-hetero) is 1. The first-order valence-corrected chi connectivity index (χ1v) is 14.4. The van der Waals surface area contributed by atoms with Gasteiger partial charge in [-0.05, 0) is 80.3 Å². The van der Waals surface area contributed by atoms with E-state index in [1.54, 1.807) is 13.0 Å². The summed E-state index contributed by atoms with van der Waals surface area (Å²) in [5, 5.41) is 10.6. The molecule has 9 heteroatoms. The zero-order valence-electron chi connectivity index (χ0n) is 23.0. The molecule has 1 aromatic heterocycles. The largest absolute Gasteiger partial charge is 0.508 e. The van der Waals surface area contributed by atoms with Gasteiger partial charge in [0.2, 0.25) is 0 Å². The van der Waals surface area contributed by atoms with Crippen LogP contribution < -0.4 is 4.90 Å². The number of piperazine rings is 1. The van der Waals surface area contributed by atoms with Crippen molar-refractivity contribution in [3.8, 4) is 16.3 Å². The van der Waals surface area contributed by atoms with Crippen molar-refractivity contribution in [2.75, 3.05) is 31.1 Å². The van der Waals surface area contributed by atoms with Crippen LogP contribution in [0.1, 0.15) is 44.5 Å². The topological polar surface area (TPSA) is 56.7 Å². The molecule has 214 valence electrons. The van der Waals surface area contributed by atoms with Crippen LogP contribution in [0.3, 0.4) is 0 Å². The van der Waals surface area contributed by atoms with Gasteiger partial charge in [-0.3, -0.25) is 9.69 Å². The number of carbonyl (C=O) groups excluding carboxylic acids is 1. The molecule has 0 atom stereocenters. The van der Waals surface area contributed by atoms with Gasteiger partial charge in [0.15, 0.2) is 5.78 Å². The summed E-state index contributed by atoms with van der Waals surface area (Å²) in [6.07, 6.45) is -2.86. The van der Waals surface area contributed by atoms with E-state index in [1.807, 2.05) is 43.3 Å². The number of carbonyl (C=O) groups is 1. The SMILES string of the molecule is CC(=O)c1ccc(N2CCN(Cc3nc(-c4ccc(C(F)(F)F)cc4)sc3CCc3ccc(O)c(C)c3)CC2)cc1. The normalized spacial score (nSPS) is 14.4. The number of hydrogen-bond donors (Lipinski definition) is 1. The van der Waals surface area contributed by atoms with Crippen molar-refractivity contribution >= 4 is 22.8 Å². The Bertz CT molecular complexity index is 1510. The van der Waals surface area contributed by atoms with Gasteiger partial charge in [-0.1, -0.05) is 24.3 Å². The van der Waals surface area contributed by atoms with Crippen molar-refractivity contribution in [2.24, 2.45) is 0 Å². The van der Waals surface area contributed by atoms with Crippen molar-refractivity contribution in [1.82, 2.24) is 9.88 Å². The standard InChI is InChI=1S/C32H32F3N3O2S/c1-21-19-23(3-13-29(21)40)4-14-30-28(36-31(41-30)25-5-9-26(10-6-25)32(33,34)35)20-37-15-17-38(18-16-37)27-11-7-24(8-12-27)22(2)39/h3,5-13,19,40H,4,14-18,20H2,1-2H3. The highest BCUT2D eigenvalue weighted by molar-refractivity contribution is 7.15. The lowest BCUT2D eigenvalue weighted by Gasteiger charge is -2.36. The minimum absolute atomic E-state index is 0.0525. The van der Waals surface area contributed by atoms with Crippen molar-refractivity contribution in [3.05, 3.63) is 99.6 Å². The van der Waals surface area contributed by atoms with Gasteiger partial charge in [-0.15, -0.1) is 11.3 Å². The van der Waals surface area contributed by atoms with Gasteiger partial charge in [-0.25, -0.2) is 4.98 Å². The molecule has 0 amide bonds. The monoisotopic (exact) mass is 579 g/mol. The summed E-state index contributed by atoms with van der Waals surface area (Å²) in [5.74, 6) is 0.322. The van der Waals surface area contributed by atoms with Crippen LogP contribution in [-0.2, 0) is 25.6 Å². The molecule has 1 fully saturated rings. The zero-order valence-corrected chi connectivity index (χ0v) is 23.9. The molecule has 5 nitrogen and oxygen atoms in total. The van der Waals surface area contributed by atoms with Crippen LogP contribution in [0.2, 0.25) is 0 Å². The van der Waals surface area contributed by atoms with E-state index in [4.69, 9.17) is 4.98 Å². The number of rotatable bonds is 8. The molecular weight excluding hydrogens is 547 g/mol. The van der Waals surface area contributed by atoms with Crippen LogP contribution in [0, 0.1) is 6.92 Å². The van der Waals surface area contributed by atoms with E-state index in [0.29, 0.717) is 17.7 Å². The molecule has 0 unspecified atom stereocenters. The number of anilines is 1. The number of phenolic OH excluding ortho intramolecular Hbond substituents is 1. The number of ketones is 1. The highest BCUT2D eigenvalue weighted by Crippen LogP contribution is 2.34. The first-order valence-electron chi connectivity index (χ1n) is 13.6. The fourth-order valence-corrected chi connectivity index (χ4v) is 6.12. The average molecular weight is 580 g/mol. The fourth-order valence-electron chi connectivity index (χ4n) is 5.04. The maximum absolute atomic E-state index is 13.1. The Hall–Kier alpha value is -3.69. The number of phenols is 1. The van der Waals surface area contributed by atoms with Crippen molar-refractivity contribution in [1.29, 1.82) is 0 Å². The lowest BCUT2D eigenvalue weighted by atomic mass is 10.1. The predicted octanol–water partition coefficient (Wildman–Crippen LogP) is 7.15. The van der Waals surface area contributed by atoms with E-state index in [-0.39, 0.29) is 11.5 Å². The number of benzene rings is 3. The quantitative estimate of drug-likeness (QED) is 0.225. The third kappa shape index (κ3) is 6.97. The Morgan fingerprint density at radius 1 is 0.951 bits per heavy atom. The molecule has 5 rings (SSSR count). The lowest BCUT2D eigenvalue weighted by molar-refractivity contribution is -0.137. The van der Waals surface area contributed by atoms with Crippen LogP contribution in [0.25, 0.3) is 10.6 Å². The van der Waals surface area contributed by atoms with E-state index >= 15 is 0 Å². The fraction of sp³-hybridized carbons (Fsp3) is 0.312. The summed E-state index contributed by atoms with van der Waals surface area (Å²) in [5.41, 5.74) is 4.70.